The highest BCUT2D eigenvalue weighted by Crippen LogP contribution is 2.17. The summed E-state index contributed by atoms with van der Waals surface area (Å²) in [6, 6.07) is 9.81. The Bertz CT molecular complexity index is 745. The maximum absolute atomic E-state index is 12.9. The number of piperazine rings is 1. The van der Waals surface area contributed by atoms with E-state index in [-0.39, 0.29) is 24.2 Å². The Labute approximate surface area is 166 Å². The molecular weight excluding hydrogens is 385 g/mol. The minimum Gasteiger partial charge on any atom is -0.339 e. The first-order chi connectivity index (χ1) is 13.1. The first kappa shape index (κ1) is 19.9. The molecule has 1 N–H and O–H groups in total. The molecule has 3 rings (SSSR count). The lowest BCUT2D eigenvalue weighted by Crippen LogP contribution is -2.50. The topological polar surface area (TPSA) is 52.7 Å². The van der Waals surface area contributed by atoms with E-state index >= 15 is 0 Å². The number of nitrogens with zero attached hydrogens (tertiary/aromatic N) is 2. The summed E-state index contributed by atoms with van der Waals surface area (Å²) >= 11 is 3.35. The summed E-state index contributed by atoms with van der Waals surface area (Å²) in [5, 5.41) is 4.81. The number of rotatable bonds is 7. The number of nitrogens with one attached hydrogen (secondary N) is 1. The van der Waals surface area contributed by atoms with Gasteiger partial charge in [0, 0.05) is 42.5 Å². The zero-order valence-corrected chi connectivity index (χ0v) is 16.5. The second kappa shape index (κ2) is 9.87. The van der Waals surface area contributed by atoms with Crippen LogP contribution in [0.5, 0.6) is 0 Å². The number of carbonyl (C=O) groups excluding carboxylic acids is 2. The van der Waals surface area contributed by atoms with Crippen LogP contribution in [-0.2, 0) is 15.3 Å². The van der Waals surface area contributed by atoms with Crippen molar-refractivity contribution in [3.05, 3.63) is 52.5 Å². The predicted molar refractivity (Wildman–Crippen MR) is 109 cm³/mol. The quantitative estimate of drug-likeness (QED) is 0.767. The number of hydrogen-bond donors (Lipinski definition) is 1. The molecule has 1 fully saturated rings. The average Bonchev–Trinajstić information content (AvgIpc) is 3.17. The van der Waals surface area contributed by atoms with E-state index in [2.05, 4.69) is 11.4 Å². The smallest absolute Gasteiger partial charge is 0.238 e. The Balaban J connectivity index is 1.34. The van der Waals surface area contributed by atoms with Gasteiger partial charge in [0.1, 0.15) is 5.82 Å². The summed E-state index contributed by atoms with van der Waals surface area (Å²) in [4.78, 5) is 29.6. The Hall–Kier alpha value is -1.90. The van der Waals surface area contributed by atoms with Crippen molar-refractivity contribution in [2.75, 3.05) is 43.8 Å². The molecule has 0 aliphatic carbocycles. The molecule has 0 spiro atoms. The molecule has 144 valence electrons. The molecule has 1 aromatic carbocycles. The van der Waals surface area contributed by atoms with Crippen molar-refractivity contribution in [1.29, 1.82) is 0 Å². The molecule has 0 unspecified atom stereocenters. The molecule has 2 heterocycles. The molecule has 0 atom stereocenters. The van der Waals surface area contributed by atoms with Crippen molar-refractivity contribution < 1.29 is 14.0 Å². The number of carbonyl (C=O) groups is 2. The van der Waals surface area contributed by atoms with Gasteiger partial charge in [-0.1, -0.05) is 6.07 Å². The van der Waals surface area contributed by atoms with Gasteiger partial charge in [-0.3, -0.25) is 14.5 Å². The van der Waals surface area contributed by atoms with Gasteiger partial charge in [-0.2, -0.15) is 0 Å². The summed E-state index contributed by atoms with van der Waals surface area (Å²) in [5.41, 5.74) is 0.581. The molecule has 0 bridgehead atoms. The highest BCUT2D eigenvalue weighted by Gasteiger charge is 2.22. The number of benzene rings is 1. The Morgan fingerprint density at radius 3 is 2.52 bits per heavy atom. The molecule has 1 aliphatic heterocycles. The molecule has 27 heavy (non-hydrogen) atoms. The van der Waals surface area contributed by atoms with Crippen molar-refractivity contribution in [3.8, 4) is 0 Å². The number of halogens is 1. The third kappa shape index (κ3) is 6.34. The van der Waals surface area contributed by atoms with E-state index in [0.29, 0.717) is 37.6 Å². The molecule has 0 radical (unpaired) electrons. The third-order valence-corrected chi connectivity index (χ3v) is 6.30. The van der Waals surface area contributed by atoms with Gasteiger partial charge in [-0.25, -0.2) is 4.39 Å². The van der Waals surface area contributed by atoms with E-state index in [1.807, 2.05) is 21.2 Å². The first-order valence-corrected chi connectivity index (χ1v) is 10.8. The van der Waals surface area contributed by atoms with Gasteiger partial charge < -0.3 is 10.2 Å². The largest absolute Gasteiger partial charge is 0.339 e. The van der Waals surface area contributed by atoms with Crippen LogP contribution in [0.3, 0.4) is 0 Å². The molecule has 1 aliphatic rings. The molecule has 1 saturated heterocycles. The van der Waals surface area contributed by atoms with Crippen LogP contribution in [0, 0.1) is 5.82 Å². The minimum atomic E-state index is -0.331. The maximum atomic E-state index is 12.9. The van der Waals surface area contributed by atoms with Crippen LogP contribution in [0.15, 0.2) is 41.8 Å². The number of anilines is 1. The normalized spacial score (nSPS) is 14.9. The number of hydrogen-bond acceptors (Lipinski definition) is 5. The van der Waals surface area contributed by atoms with E-state index in [4.69, 9.17) is 0 Å². The van der Waals surface area contributed by atoms with Crippen molar-refractivity contribution in [1.82, 2.24) is 9.80 Å². The minimum absolute atomic E-state index is 0.132. The lowest BCUT2D eigenvalue weighted by molar-refractivity contribution is -0.130. The summed E-state index contributed by atoms with van der Waals surface area (Å²) in [5.74, 6) is 1.05. The van der Waals surface area contributed by atoms with Crippen LogP contribution in [0.2, 0.25) is 0 Å². The molecule has 5 nitrogen and oxygen atoms in total. The molecule has 2 amide bonds. The lowest BCUT2D eigenvalue weighted by Gasteiger charge is -2.34. The van der Waals surface area contributed by atoms with Crippen molar-refractivity contribution in [2.45, 2.75) is 5.75 Å². The van der Waals surface area contributed by atoms with E-state index in [1.54, 1.807) is 23.1 Å². The fraction of sp³-hybridized carbons (Fsp3) is 0.368. The molecule has 1 aromatic heterocycles. The Kier molecular flexibility index (Phi) is 7.25. The van der Waals surface area contributed by atoms with Gasteiger partial charge >= 0.3 is 0 Å². The third-order valence-electron chi connectivity index (χ3n) is 4.27. The second-order valence-corrected chi connectivity index (χ2v) is 8.30. The van der Waals surface area contributed by atoms with Crippen LogP contribution in [-0.4, -0.2) is 60.1 Å². The van der Waals surface area contributed by atoms with Gasteiger partial charge in [-0.15, -0.1) is 23.1 Å². The van der Waals surface area contributed by atoms with Gasteiger partial charge in [-0.05, 0) is 35.7 Å². The van der Waals surface area contributed by atoms with Crippen molar-refractivity contribution in [2.24, 2.45) is 0 Å². The summed E-state index contributed by atoms with van der Waals surface area (Å²) in [6.45, 7) is 2.91. The summed E-state index contributed by atoms with van der Waals surface area (Å²) < 4.78 is 12.9. The molecule has 0 saturated carbocycles. The van der Waals surface area contributed by atoms with Crippen LogP contribution >= 0.6 is 23.1 Å². The van der Waals surface area contributed by atoms with Crippen LogP contribution < -0.4 is 5.32 Å². The lowest BCUT2D eigenvalue weighted by atomic mass is 10.3. The zero-order chi connectivity index (χ0) is 19.1. The molecular formula is C19H22FN3O2S2. The molecule has 8 heteroatoms. The van der Waals surface area contributed by atoms with Crippen LogP contribution in [0.4, 0.5) is 10.1 Å². The fourth-order valence-corrected chi connectivity index (χ4v) is 4.59. The van der Waals surface area contributed by atoms with E-state index in [0.717, 1.165) is 5.75 Å². The Morgan fingerprint density at radius 2 is 1.85 bits per heavy atom. The highest BCUT2D eigenvalue weighted by atomic mass is 32.2. The number of thiophene rings is 1. The van der Waals surface area contributed by atoms with Gasteiger partial charge in [0.15, 0.2) is 0 Å². The zero-order valence-electron chi connectivity index (χ0n) is 14.9. The van der Waals surface area contributed by atoms with Crippen LogP contribution in [0.1, 0.15) is 4.88 Å². The molecule has 2 aromatic rings. The standard InChI is InChI=1S/C19H22FN3O2S2/c20-15-3-5-16(6-4-15)21-18(24)12-22-7-9-23(10-8-22)19(25)14-26-13-17-2-1-11-27-17/h1-6,11H,7-10,12-14H2,(H,21,24). The number of thioether (sulfide) groups is 1. The Morgan fingerprint density at radius 1 is 1.11 bits per heavy atom. The average molecular weight is 408 g/mol. The van der Waals surface area contributed by atoms with Crippen molar-refractivity contribution in [3.63, 3.8) is 0 Å². The van der Waals surface area contributed by atoms with Crippen LogP contribution in [0.25, 0.3) is 0 Å². The van der Waals surface area contributed by atoms with Crippen molar-refractivity contribution >= 4 is 40.6 Å². The van der Waals surface area contributed by atoms with E-state index < -0.39 is 0 Å². The van der Waals surface area contributed by atoms with E-state index in [1.165, 1.54) is 29.1 Å². The van der Waals surface area contributed by atoms with E-state index in [9.17, 15) is 14.0 Å². The monoisotopic (exact) mass is 407 g/mol. The van der Waals surface area contributed by atoms with Gasteiger partial charge in [0.05, 0.1) is 12.3 Å². The SMILES string of the molecule is O=C(CN1CCN(C(=O)CSCc2cccs2)CC1)Nc1ccc(F)cc1. The first-order valence-electron chi connectivity index (χ1n) is 8.76. The summed E-state index contributed by atoms with van der Waals surface area (Å²) in [7, 11) is 0. The van der Waals surface area contributed by atoms with Gasteiger partial charge in [0.25, 0.3) is 0 Å². The fourth-order valence-electron chi connectivity index (χ4n) is 2.82. The van der Waals surface area contributed by atoms with Gasteiger partial charge in [0.2, 0.25) is 11.8 Å². The predicted octanol–water partition coefficient (Wildman–Crippen LogP) is 2.90. The maximum Gasteiger partial charge on any atom is 0.238 e. The number of amides is 2. The summed E-state index contributed by atoms with van der Waals surface area (Å²) in [6.07, 6.45) is 0. The second-order valence-electron chi connectivity index (χ2n) is 6.28. The highest BCUT2D eigenvalue weighted by molar-refractivity contribution is 7.99.